The molecule has 70 valence electrons. The molecule has 1 aromatic rings. The van der Waals surface area contributed by atoms with Crippen LogP contribution in [0, 0.1) is 0 Å². The monoisotopic (exact) mass is 250 g/mol. The van der Waals surface area contributed by atoms with E-state index in [-0.39, 0.29) is 0 Å². The molecule has 0 spiro atoms. The summed E-state index contributed by atoms with van der Waals surface area (Å²) >= 11 is -0.556. The van der Waals surface area contributed by atoms with Gasteiger partial charge in [-0.1, -0.05) is 36.2 Å². The van der Waals surface area contributed by atoms with Crippen molar-refractivity contribution in [3.63, 3.8) is 0 Å². The number of hydrogen-bond acceptors (Lipinski definition) is 0. The maximum atomic E-state index is 4.89. The molecular formula is C9H10Cl2NTi-. The molecule has 1 aliphatic heterocycles. The Morgan fingerprint density at radius 1 is 1.23 bits per heavy atom. The van der Waals surface area contributed by atoms with E-state index in [1.165, 1.54) is 24.1 Å². The summed E-state index contributed by atoms with van der Waals surface area (Å²) < 4.78 is 0. The molecule has 0 fully saturated rings. The second-order valence-corrected chi connectivity index (χ2v) is 5.26. The van der Waals surface area contributed by atoms with Gasteiger partial charge in [-0.2, -0.15) is 0 Å². The first-order chi connectivity index (χ1) is 6.38. The zero-order valence-corrected chi connectivity index (χ0v) is 10.2. The van der Waals surface area contributed by atoms with Crippen molar-refractivity contribution in [3.05, 3.63) is 35.1 Å². The molecular weight excluding hydrogens is 241 g/mol. The Balaban J connectivity index is 0.000000251. The van der Waals surface area contributed by atoms with Crippen molar-refractivity contribution >= 4 is 24.3 Å². The minimum Gasteiger partial charge on any atom is -0.684 e. The fourth-order valence-electron chi connectivity index (χ4n) is 1.35. The number of nitrogens with zero attached hydrogens (tertiary/aromatic N) is 1. The average Bonchev–Trinajstić information content (AvgIpc) is 2.19. The van der Waals surface area contributed by atoms with Crippen LogP contribution in [0.1, 0.15) is 12.0 Å². The predicted molar refractivity (Wildman–Crippen MR) is 54.4 cm³/mol. The summed E-state index contributed by atoms with van der Waals surface area (Å²) in [6.45, 7) is 1.01. The second kappa shape index (κ2) is 6.72. The minimum atomic E-state index is -0.556. The van der Waals surface area contributed by atoms with Gasteiger partial charge in [0.05, 0.1) is 0 Å². The Morgan fingerprint density at radius 2 is 1.92 bits per heavy atom. The van der Waals surface area contributed by atoms with E-state index in [1.54, 1.807) is 0 Å². The topological polar surface area (TPSA) is 14.1 Å². The smallest absolute Gasteiger partial charge is 0.0305 e. The summed E-state index contributed by atoms with van der Waals surface area (Å²) in [6.07, 6.45) is 2.43. The van der Waals surface area contributed by atoms with Gasteiger partial charge in [0.15, 0.2) is 0 Å². The van der Waals surface area contributed by atoms with Gasteiger partial charge in [0.25, 0.3) is 0 Å². The number of rotatable bonds is 0. The van der Waals surface area contributed by atoms with Crippen LogP contribution in [0.4, 0.5) is 5.69 Å². The summed E-state index contributed by atoms with van der Waals surface area (Å²) in [5, 5.41) is 4.39. The molecule has 0 atom stereocenters. The molecule has 2 rings (SSSR count). The van der Waals surface area contributed by atoms with Crippen molar-refractivity contribution in [2.75, 3.05) is 6.54 Å². The van der Waals surface area contributed by atoms with E-state index in [9.17, 15) is 0 Å². The van der Waals surface area contributed by atoms with Crippen LogP contribution in [-0.2, 0) is 23.5 Å². The van der Waals surface area contributed by atoms with Gasteiger partial charge < -0.3 is 5.32 Å². The van der Waals surface area contributed by atoms with Gasteiger partial charge >= 0.3 is 35.6 Å². The van der Waals surface area contributed by atoms with E-state index in [4.69, 9.17) is 18.6 Å². The van der Waals surface area contributed by atoms with Crippen molar-refractivity contribution in [2.45, 2.75) is 12.8 Å². The first-order valence-electron chi connectivity index (χ1n) is 4.10. The molecule has 1 nitrogen and oxygen atoms in total. The molecule has 0 aliphatic carbocycles. The molecule has 0 amide bonds. The molecule has 13 heavy (non-hydrogen) atoms. The molecule has 0 saturated carbocycles. The quantitative estimate of drug-likeness (QED) is 0.618. The first-order valence-corrected chi connectivity index (χ1v) is 8.40. The zero-order chi connectivity index (χ0) is 9.52. The van der Waals surface area contributed by atoms with Crippen molar-refractivity contribution in [1.82, 2.24) is 0 Å². The summed E-state index contributed by atoms with van der Waals surface area (Å²) in [5.41, 5.74) is 2.61. The van der Waals surface area contributed by atoms with E-state index >= 15 is 0 Å². The zero-order valence-electron chi connectivity index (χ0n) is 7.13. The van der Waals surface area contributed by atoms with Crippen LogP contribution < -0.4 is 0 Å². The molecule has 0 aromatic heterocycles. The van der Waals surface area contributed by atoms with Crippen LogP contribution in [0.5, 0.6) is 0 Å². The van der Waals surface area contributed by atoms with E-state index in [0.29, 0.717) is 0 Å². The van der Waals surface area contributed by atoms with Gasteiger partial charge in [0.1, 0.15) is 0 Å². The van der Waals surface area contributed by atoms with Crippen molar-refractivity contribution in [2.24, 2.45) is 0 Å². The maximum Gasteiger partial charge on any atom is -0.0305 e. The van der Waals surface area contributed by atoms with E-state index < -0.39 is 17.0 Å². The molecule has 4 heteroatoms. The third-order valence-electron chi connectivity index (χ3n) is 1.88. The van der Waals surface area contributed by atoms with Crippen LogP contribution in [0.15, 0.2) is 24.3 Å². The van der Waals surface area contributed by atoms with Crippen molar-refractivity contribution in [3.8, 4) is 0 Å². The fraction of sp³-hybridized carbons (Fsp3) is 0.333. The van der Waals surface area contributed by atoms with Crippen LogP contribution in [-0.4, -0.2) is 6.54 Å². The largest absolute Gasteiger partial charge is 0.684 e. The maximum absolute atomic E-state index is 4.89. The number of fused-ring (bicyclic) bond motifs is 1. The van der Waals surface area contributed by atoms with Crippen molar-refractivity contribution in [1.29, 1.82) is 0 Å². The fourth-order valence-corrected chi connectivity index (χ4v) is 1.35. The first kappa shape index (κ1) is 11.4. The molecule has 0 bridgehead atoms. The van der Waals surface area contributed by atoms with Gasteiger partial charge in [-0.15, -0.1) is 12.2 Å². The van der Waals surface area contributed by atoms with E-state index in [2.05, 4.69) is 23.5 Å². The Hall–Kier alpha value is 0.314. The number of para-hydroxylation sites is 1. The van der Waals surface area contributed by atoms with Crippen LogP contribution in [0.2, 0.25) is 0 Å². The van der Waals surface area contributed by atoms with Gasteiger partial charge in [0.2, 0.25) is 0 Å². The molecule has 0 saturated heterocycles. The Labute approximate surface area is 95.5 Å². The second-order valence-electron chi connectivity index (χ2n) is 2.69. The Morgan fingerprint density at radius 3 is 2.62 bits per heavy atom. The summed E-state index contributed by atoms with van der Waals surface area (Å²) in [4.78, 5) is 0. The summed E-state index contributed by atoms with van der Waals surface area (Å²) in [6, 6.07) is 8.39. The van der Waals surface area contributed by atoms with Gasteiger partial charge in [-0.05, 0) is 6.42 Å². The third kappa shape index (κ3) is 3.91. The standard InChI is InChI=1S/C9H10N.2ClH.Ti/c1-2-6-9-8(4-1)5-3-7-10-9;;;/h1-2,4,6H,3,5,7H2;2*1H;/q-1;;;+2/p-2. The number of aryl methyl sites for hydroxylation is 1. The third-order valence-corrected chi connectivity index (χ3v) is 1.88. The molecule has 0 unspecified atom stereocenters. The molecule has 1 heterocycles. The van der Waals surface area contributed by atoms with Gasteiger partial charge in [-0.25, -0.2) is 0 Å². The van der Waals surface area contributed by atoms with Crippen LogP contribution >= 0.6 is 18.6 Å². The molecule has 0 radical (unpaired) electrons. The number of hydrogen-bond donors (Lipinski definition) is 0. The van der Waals surface area contributed by atoms with E-state index in [1.807, 2.05) is 6.07 Å². The van der Waals surface area contributed by atoms with Gasteiger partial charge in [0, 0.05) is 0 Å². The van der Waals surface area contributed by atoms with Crippen LogP contribution in [0.3, 0.4) is 0 Å². The van der Waals surface area contributed by atoms with Crippen molar-refractivity contribution < 1.29 is 17.0 Å². The molecule has 1 aliphatic rings. The summed E-state index contributed by atoms with van der Waals surface area (Å²) in [7, 11) is 9.78. The van der Waals surface area contributed by atoms with Crippen LogP contribution in [0.25, 0.3) is 5.32 Å². The Bertz CT molecular complexity index is 230. The summed E-state index contributed by atoms with van der Waals surface area (Å²) in [5.74, 6) is 0. The normalized spacial score (nSPS) is 13.1. The number of halogens is 2. The van der Waals surface area contributed by atoms with Gasteiger partial charge in [-0.3, -0.25) is 0 Å². The minimum absolute atomic E-state index is 0.556. The number of benzene rings is 1. The SMILES string of the molecule is [Cl][Ti][Cl].c1ccc2c(c1)CCC[N-]2. The predicted octanol–water partition coefficient (Wildman–Crippen LogP) is 4.01. The average molecular weight is 251 g/mol. The molecule has 0 N–H and O–H groups in total. The van der Waals surface area contributed by atoms with E-state index in [0.717, 1.165) is 6.54 Å². The Kier molecular flexibility index (Phi) is 5.89. The molecule has 1 aromatic carbocycles.